The van der Waals surface area contributed by atoms with E-state index in [1.54, 1.807) is 10.9 Å². The van der Waals surface area contributed by atoms with Gasteiger partial charge in [-0.25, -0.2) is 22.7 Å². The average Bonchev–Trinajstić information content (AvgIpc) is 3.55. The Morgan fingerprint density at radius 3 is 2.55 bits per heavy atom. The number of nitrogens with zero attached hydrogens (tertiary/aromatic N) is 5. The number of rotatable bonds is 6. The van der Waals surface area contributed by atoms with Crippen LogP contribution in [0.2, 0.25) is 0 Å². The van der Waals surface area contributed by atoms with E-state index in [9.17, 15) is 18.0 Å². The summed E-state index contributed by atoms with van der Waals surface area (Å²) in [6.45, 7) is 0.494. The second kappa shape index (κ2) is 9.47. The number of benzene rings is 3. The van der Waals surface area contributed by atoms with Crippen LogP contribution in [0.1, 0.15) is 28.0 Å². The number of halogens is 3. The first-order valence-electron chi connectivity index (χ1n) is 11.7. The largest absolute Gasteiger partial charge is 0.319 e. The van der Waals surface area contributed by atoms with E-state index in [2.05, 4.69) is 20.5 Å². The number of nitrogens with one attached hydrogen (secondary N) is 1. The SMILES string of the molecule is O=C(Nc1cnn(Cc2cccc3ccccc23)c1)c1cnn2c(C(F)F)cc(-c3ccc(F)cc3)nc12. The van der Waals surface area contributed by atoms with Gasteiger partial charge in [-0.2, -0.15) is 10.2 Å². The highest BCUT2D eigenvalue weighted by atomic mass is 19.3. The Labute approximate surface area is 214 Å². The molecule has 188 valence electrons. The highest BCUT2D eigenvalue weighted by Crippen LogP contribution is 2.27. The molecule has 0 aliphatic carbocycles. The van der Waals surface area contributed by atoms with E-state index in [4.69, 9.17) is 0 Å². The molecule has 3 aromatic carbocycles. The molecular weight excluding hydrogens is 493 g/mol. The molecule has 7 nitrogen and oxygen atoms in total. The predicted molar refractivity (Wildman–Crippen MR) is 137 cm³/mol. The molecular formula is C28H19F3N6O. The third-order valence-corrected chi connectivity index (χ3v) is 6.21. The molecule has 0 saturated carbocycles. The molecule has 38 heavy (non-hydrogen) atoms. The Balaban J connectivity index is 1.29. The maximum absolute atomic E-state index is 13.8. The van der Waals surface area contributed by atoms with Crippen LogP contribution in [-0.2, 0) is 6.54 Å². The van der Waals surface area contributed by atoms with Crippen molar-refractivity contribution in [2.24, 2.45) is 0 Å². The number of amides is 1. The second-order valence-corrected chi connectivity index (χ2v) is 8.69. The van der Waals surface area contributed by atoms with Crippen LogP contribution in [0.3, 0.4) is 0 Å². The summed E-state index contributed by atoms with van der Waals surface area (Å²) in [6, 6.07) is 20.6. The molecule has 0 bridgehead atoms. The fourth-order valence-corrected chi connectivity index (χ4v) is 4.39. The van der Waals surface area contributed by atoms with Gasteiger partial charge in [-0.15, -0.1) is 0 Å². The van der Waals surface area contributed by atoms with Crippen molar-refractivity contribution in [2.75, 3.05) is 5.32 Å². The third kappa shape index (κ3) is 4.36. The van der Waals surface area contributed by atoms with Gasteiger partial charge >= 0.3 is 0 Å². The van der Waals surface area contributed by atoms with Crippen LogP contribution in [0, 0.1) is 5.82 Å². The topological polar surface area (TPSA) is 77.1 Å². The Kier molecular flexibility index (Phi) is 5.83. The van der Waals surface area contributed by atoms with Gasteiger partial charge in [0.25, 0.3) is 12.3 Å². The molecule has 3 aromatic heterocycles. The molecule has 0 spiro atoms. The number of carbonyl (C=O) groups is 1. The van der Waals surface area contributed by atoms with E-state index in [1.165, 1.54) is 42.7 Å². The van der Waals surface area contributed by atoms with E-state index in [-0.39, 0.29) is 16.9 Å². The normalized spacial score (nSPS) is 11.5. The minimum absolute atomic E-state index is 0.0117. The summed E-state index contributed by atoms with van der Waals surface area (Å²) < 4.78 is 43.7. The van der Waals surface area contributed by atoms with Gasteiger partial charge in [0.1, 0.15) is 17.1 Å². The van der Waals surface area contributed by atoms with E-state index in [1.807, 2.05) is 42.5 Å². The minimum atomic E-state index is -2.87. The van der Waals surface area contributed by atoms with Gasteiger partial charge in [0.2, 0.25) is 0 Å². The van der Waals surface area contributed by atoms with E-state index in [0.29, 0.717) is 17.8 Å². The first-order valence-corrected chi connectivity index (χ1v) is 11.7. The van der Waals surface area contributed by atoms with Crippen molar-refractivity contribution in [3.05, 3.63) is 114 Å². The zero-order valence-electron chi connectivity index (χ0n) is 19.7. The number of aromatic nitrogens is 5. The van der Waals surface area contributed by atoms with Crippen LogP contribution in [0.5, 0.6) is 0 Å². The van der Waals surface area contributed by atoms with Gasteiger partial charge in [-0.3, -0.25) is 9.48 Å². The number of carbonyl (C=O) groups excluding carboxylic acids is 1. The lowest BCUT2D eigenvalue weighted by molar-refractivity contribution is 0.102. The Morgan fingerprint density at radius 1 is 0.947 bits per heavy atom. The zero-order chi connectivity index (χ0) is 26.2. The summed E-state index contributed by atoms with van der Waals surface area (Å²) in [6.07, 6.45) is 1.52. The molecule has 6 aromatic rings. The first-order chi connectivity index (χ1) is 18.5. The van der Waals surface area contributed by atoms with Crippen LogP contribution in [-0.4, -0.2) is 30.3 Å². The van der Waals surface area contributed by atoms with E-state index in [0.717, 1.165) is 20.9 Å². The molecule has 0 fully saturated rings. The second-order valence-electron chi connectivity index (χ2n) is 8.69. The molecule has 0 saturated heterocycles. The van der Waals surface area contributed by atoms with Crippen LogP contribution in [0.4, 0.5) is 18.9 Å². The molecule has 0 unspecified atom stereocenters. The van der Waals surface area contributed by atoms with Crippen molar-refractivity contribution in [1.29, 1.82) is 0 Å². The number of anilines is 1. The predicted octanol–water partition coefficient (Wildman–Crippen LogP) is 6.12. The van der Waals surface area contributed by atoms with Crippen LogP contribution >= 0.6 is 0 Å². The first kappa shape index (κ1) is 23.4. The lowest BCUT2D eigenvalue weighted by Gasteiger charge is -2.08. The standard InChI is InChI=1S/C28H19F3N6O/c29-20-10-8-18(9-11-20)24-12-25(26(30)31)37-27(35-24)23(14-33-37)28(38)34-21-13-32-36(16-21)15-19-6-3-5-17-4-1-2-7-22(17)19/h1-14,16,26H,15H2,(H,34,38). The number of alkyl halides is 2. The summed E-state index contributed by atoms with van der Waals surface area (Å²) in [7, 11) is 0. The quantitative estimate of drug-likeness (QED) is 0.292. The van der Waals surface area contributed by atoms with Crippen molar-refractivity contribution < 1.29 is 18.0 Å². The molecule has 0 radical (unpaired) electrons. The van der Waals surface area contributed by atoms with Crippen LogP contribution in [0.25, 0.3) is 27.7 Å². The van der Waals surface area contributed by atoms with Gasteiger partial charge in [-0.05, 0) is 46.7 Å². The highest BCUT2D eigenvalue weighted by molar-refractivity contribution is 6.08. The minimum Gasteiger partial charge on any atom is -0.319 e. The van der Waals surface area contributed by atoms with Gasteiger partial charge in [0, 0.05) is 11.8 Å². The molecule has 0 aliphatic heterocycles. The molecule has 6 rings (SSSR count). The van der Waals surface area contributed by atoms with E-state index >= 15 is 0 Å². The average molecular weight is 512 g/mol. The van der Waals surface area contributed by atoms with Crippen molar-refractivity contribution in [2.45, 2.75) is 13.0 Å². The summed E-state index contributed by atoms with van der Waals surface area (Å²) >= 11 is 0. The molecule has 3 heterocycles. The maximum Gasteiger partial charge on any atom is 0.280 e. The summed E-state index contributed by atoms with van der Waals surface area (Å²) in [5.74, 6) is -1.04. The van der Waals surface area contributed by atoms with Gasteiger partial charge in [0.15, 0.2) is 5.65 Å². The summed E-state index contributed by atoms with van der Waals surface area (Å²) in [5, 5.41) is 13.3. The van der Waals surface area contributed by atoms with Crippen molar-refractivity contribution in [3.63, 3.8) is 0 Å². The number of fused-ring (bicyclic) bond motifs is 2. The molecule has 0 atom stereocenters. The molecule has 1 N–H and O–H groups in total. The summed E-state index contributed by atoms with van der Waals surface area (Å²) in [4.78, 5) is 17.5. The van der Waals surface area contributed by atoms with Crippen molar-refractivity contribution in [1.82, 2.24) is 24.4 Å². The number of hydrogen-bond acceptors (Lipinski definition) is 4. The lowest BCUT2D eigenvalue weighted by atomic mass is 10.0. The van der Waals surface area contributed by atoms with E-state index < -0.39 is 23.8 Å². The molecule has 1 amide bonds. The fourth-order valence-electron chi connectivity index (χ4n) is 4.39. The molecule has 0 aliphatic rings. The Morgan fingerprint density at radius 2 is 1.74 bits per heavy atom. The highest BCUT2D eigenvalue weighted by Gasteiger charge is 2.22. The van der Waals surface area contributed by atoms with Gasteiger partial charge < -0.3 is 5.32 Å². The van der Waals surface area contributed by atoms with Crippen molar-refractivity contribution >= 4 is 28.0 Å². The van der Waals surface area contributed by atoms with Gasteiger partial charge in [-0.1, -0.05) is 42.5 Å². The fraction of sp³-hybridized carbons (Fsp3) is 0.0714. The monoisotopic (exact) mass is 512 g/mol. The zero-order valence-corrected chi connectivity index (χ0v) is 19.7. The number of hydrogen-bond donors (Lipinski definition) is 1. The molecule has 10 heteroatoms. The van der Waals surface area contributed by atoms with Crippen molar-refractivity contribution in [3.8, 4) is 11.3 Å². The Bertz CT molecular complexity index is 1790. The maximum atomic E-state index is 13.8. The van der Waals surface area contributed by atoms with Crippen LogP contribution in [0.15, 0.2) is 91.4 Å². The summed E-state index contributed by atoms with van der Waals surface area (Å²) in [5.41, 5.74) is 1.64. The van der Waals surface area contributed by atoms with Crippen LogP contribution < -0.4 is 5.32 Å². The third-order valence-electron chi connectivity index (χ3n) is 6.21. The Hall–Kier alpha value is -4.99. The lowest BCUT2D eigenvalue weighted by Crippen LogP contribution is -2.12. The smallest absolute Gasteiger partial charge is 0.280 e. The van der Waals surface area contributed by atoms with Gasteiger partial charge in [0.05, 0.1) is 30.3 Å².